The van der Waals surface area contributed by atoms with Crippen molar-refractivity contribution in [1.29, 1.82) is 0 Å². The van der Waals surface area contributed by atoms with Crippen LogP contribution < -0.4 is 5.32 Å². The van der Waals surface area contributed by atoms with Gasteiger partial charge in [-0.25, -0.2) is 4.98 Å². The van der Waals surface area contributed by atoms with E-state index >= 15 is 0 Å². The Bertz CT molecular complexity index is 347. The number of likely N-dealkylation sites (tertiary alicyclic amines) is 1. The van der Waals surface area contributed by atoms with Crippen LogP contribution in [-0.4, -0.2) is 47.3 Å². The number of halogens is 1. The van der Waals surface area contributed by atoms with E-state index in [2.05, 4.69) is 15.2 Å². The molecule has 6 heteroatoms. The summed E-state index contributed by atoms with van der Waals surface area (Å²) in [6, 6.07) is 0.492. The molecule has 1 atom stereocenters. The van der Waals surface area contributed by atoms with Crippen molar-refractivity contribution in [2.75, 3.05) is 26.2 Å². The van der Waals surface area contributed by atoms with Gasteiger partial charge in [0.05, 0.1) is 19.3 Å². The SMILES string of the molecule is OCCNC1CCCN(Cc2ncc(Cl)s2)C1. The third-order valence-electron chi connectivity index (χ3n) is 2.93. The van der Waals surface area contributed by atoms with Crippen LogP contribution >= 0.6 is 22.9 Å². The highest BCUT2D eigenvalue weighted by atomic mass is 35.5. The summed E-state index contributed by atoms with van der Waals surface area (Å²) in [5, 5.41) is 13.2. The Morgan fingerprint density at radius 3 is 3.24 bits per heavy atom. The van der Waals surface area contributed by atoms with E-state index in [-0.39, 0.29) is 6.61 Å². The Morgan fingerprint density at radius 2 is 2.53 bits per heavy atom. The second-order valence-electron chi connectivity index (χ2n) is 4.31. The van der Waals surface area contributed by atoms with Crippen LogP contribution in [0.15, 0.2) is 6.20 Å². The number of hydrogen-bond acceptors (Lipinski definition) is 5. The predicted molar refractivity (Wildman–Crippen MR) is 70.5 cm³/mol. The third kappa shape index (κ3) is 4.19. The Kier molecular flexibility index (Phi) is 5.18. The lowest BCUT2D eigenvalue weighted by atomic mass is 10.1. The molecule has 0 aromatic carbocycles. The van der Waals surface area contributed by atoms with E-state index in [1.54, 1.807) is 17.5 Å². The lowest BCUT2D eigenvalue weighted by Crippen LogP contribution is -2.46. The minimum absolute atomic E-state index is 0.207. The molecule has 2 heterocycles. The van der Waals surface area contributed by atoms with Gasteiger partial charge in [-0.15, -0.1) is 11.3 Å². The number of rotatable bonds is 5. The van der Waals surface area contributed by atoms with Gasteiger partial charge in [0.1, 0.15) is 9.34 Å². The summed E-state index contributed by atoms with van der Waals surface area (Å²) in [5.74, 6) is 0. The molecule has 1 aliphatic rings. The molecule has 0 bridgehead atoms. The van der Waals surface area contributed by atoms with Crippen LogP contribution in [0.4, 0.5) is 0 Å². The van der Waals surface area contributed by atoms with Gasteiger partial charge in [0.15, 0.2) is 0 Å². The first-order valence-corrected chi connectivity index (χ1v) is 7.14. The molecule has 2 rings (SSSR count). The summed E-state index contributed by atoms with van der Waals surface area (Å²) in [7, 11) is 0. The molecule has 0 saturated carbocycles. The number of nitrogens with one attached hydrogen (secondary N) is 1. The van der Waals surface area contributed by atoms with Crippen LogP contribution in [0.2, 0.25) is 4.34 Å². The predicted octanol–water partition coefficient (Wildman–Crippen LogP) is 1.34. The Hall–Kier alpha value is -0.200. The minimum Gasteiger partial charge on any atom is -0.395 e. The van der Waals surface area contributed by atoms with Gasteiger partial charge in [-0.2, -0.15) is 0 Å². The van der Waals surface area contributed by atoms with Crippen molar-refractivity contribution in [3.05, 3.63) is 15.5 Å². The molecular formula is C11H18ClN3OS. The highest BCUT2D eigenvalue weighted by Gasteiger charge is 2.19. The molecule has 1 aromatic heterocycles. The monoisotopic (exact) mass is 275 g/mol. The van der Waals surface area contributed by atoms with E-state index in [0.29, 0.717) is 12.6 Å². The van der Waals surface area contributed by atoms with Crippen LogP contribution in [-0.2, 0) is 6.54 Å². The average molecular weight is 276 g/mol. The topological polar surface area (TPSA) is 48.4 Å². The normalized spacial score (nSPS) is 21.9. The third-order valence-corrected chi connectivity index (χ3v) is 4.03. The molecule has 0 spiro atoms. The van der Waals surface area contributed by atoms with E-state index < -0.39 is 0 Å². The van der Waals surface area contributed by atoms with Gasteiger partial charge in [0, 0.05) is 19.1 Å². The largest absolute Gasteiger partial charge is 0.395 e. The Labute approximate surface area is 111 Å². The van der Waals surface area contributed by atoms with Crippen LogP contribution in [0.25, 0.3) is 0 Å². The van der Waals surface area contributed by atoms with Gasteiger partial charge in [0.25, 0.3) is 0 Å². The van der Waals surface area contributed by atoms with Crippen molar-refractivity contribution in [2.45, 2.75) is 25.4 Å². The first kappa shape index (κ1) is 13.2. The Balaban J connectivity index is 1.80. The summed E-state index contributed by atoms with van der Waals surface area (Å²) in [6.07, 6.45) is 4.10. The van der Waals surface area contributed by atoms with E-state index in [0.717, 1.165) is 29.0 Å². The first-order chi connectivity index (χ1) is 8.28. The number of aliphatic hydroxyl groups is 1. The molecule has 1 aromatic rings. The zero-order valence-corrected chi connectivity index (χ0v) is 11.3. The van der Waals surface area contributed by atoms with Crippen molar-refractivity contribution >= 4 is 22.9 Å². The van der Waals surface area contributed by atoms with Crippen LogP contribution in [0, 0.1) is 0 Å². The van der Waals surface area contributed by atoms with Crippen LogP contribution in [0.5, 0.6) is 0 Å². The average Bonchev–Trinajstić information content (AvgIpc) is 2.73. The van der Waals surface area contributed by atoms with Gasteiger partial charge in [-0.1, -0.05) is 11.6 Å². The molecule has 1 fully saturated rings. The fourth-order valence-electron chi connectivity index (χ4n) is 2.19. The molecule has 1 aliphatic heterocycles. The van der Waals surface area contributed by atoms with Crippen molar-refractivity contribution in [3.8, 4) is 0 Å². The Morgan fingerprint density at radius 1 is 1.65 bits per heavy atom. The molecule has 0 radical (unpaired) electrons. The van der Waals surface area contributed by atoms with Crippen molar-refractivity contribution < 1.29 is 5.11 Å². The smallest absolute Gasteiger partial charge is 0.113 e. The van der Waals surface area contributed by atoms with E-state index in [1.807, 2.05) is 0 Å². The fraction of sp³-hybridized carbons (Fsp3) is 0.727. The molecule has 17 heavy (non-hydrogen) atoms. The van der Waals surface area contributed by atoms with Gasteiger partial charge in [0.2, 0.25) is 0 Å². The summed E-state index contributed by atoms with van der Waals surface area (Å²) in [5.41, 5.74) is 0. The molecule has 1 saturated heterocycles. The van der Waals surface area contributed by atoms with Crippen LogP contribution in [0.1, 0.15) is 17.8 Å². The molecular weight excluding hydrogens is 258 g/mol. The molecule has 96 valence electrons. The van der Waals surface area contributed by atoms with E-state index in [1.165, 1.54) is 12.8 Å². The van der Waals surface area contributed by atoms with Gasteiger partial charge < -0.3 is 10.4 Å². The van der Waals surface area contributed by atoms with Crippen molar-refractivity contribution in [2.24, 2.45) is 0 Å². The maximum atomic E-state index is 8.80. The highest BCUT2D eigenvalue weighted by Crippen LogP contribution is 2.21. The highest BCUT2D eigenvalue weighted by molar-refractivity contribution is 7.15. The second kappa shape index (κ2) is 6.66. The minimum atomic E-state index is 0.207. The van der Waals surface area contributed by atoms with Crippen LogP contribution in [0.3, 0.4) is 0 Å². The quantitative estimate of drug-likeness (QED) is 0.852. The number of piperidine rings is 1. The number of nitrogens with zero attached hydrogens (tertiary/aromatic N) is 2. The number of hydrogen-bond donors (Lipinski definition) is 2. The first-order valence-electron chi connectivity index (χ1n) is 5.94. The lowest BCUT2D eigenvalue weighted by molar-refractivity contribution is 0.176. The zero-order chi connectivity index (χ0) is 12.1. The maximum absolute atomic E-state index is 8.80. The number of thiazole rings is 1. The van der Waals surface area contributed by atoms with Gasteiger partial charge in [-0.05, 0) is 19.4 Å². The number of aliphatic hydroxyl groups excluding tert-OH is 1. The maximum Gasteiger partial charge on any atom is 0.113 e. The molecule has 4 nitrogen and oxygen atoms in total. The van der Waals surface area contributed by atoms with Gasteiger partial charge in [-0.3, -0.25) is 4.90 Å². The summed E-state index contributed by atoms with van der Waals surface area (Å²) in [6.45, 7) is 3.92. The van der Waals surface area contributed by atoms with Gasteiger partial charge >= 0.3 is 0 Å². The summed E-state index contributed by atoms with van der Waals surface area (Å²) >= 11 is 7.43. The van der Waals surface area contributed by atoms with E-state index in [9.17, 15) is 0 Å². The summed E-state index contributed by atoms with van der Waals surface area (Å²) in [4.78, 5) is 6.68. The molecule has 1 unspecified atom stereocenters. The molecule has 0 aliphatic carbocycles. The lowest BCUT2D eigenvalue weighted by Gasteiger charge is -2.32. The van der Waals surface area contributed by atoms with Crippen molar-refractivity contribution in [3.63, 3.8) is 0 Å². The number of aromatic nitrogens is 1. The molecule has 2 N–H and O–H groups in total. The fourth-order valence-corrected chi connectivity index (χ4v) is 3.19. The van der Waals surface area contributed by atoms with E-state index in [4.69, 9.17) is 16.7 Å². The summed E-state index contributed by atoms with van der Waals surface area (Å²) < 4.78 is 0.756. The second-order valence-corrected chi connectivity index (χ2v) is 6.06. The van der Waals surface area contributed by atoms with Crippen molar-refractivity contribution in [1.82, 2.24) is 15.2 Å². The zero-order valence-electron chi connectivity index (χ0n) is 9.73. The molecule has 0 amide bonds. The standard InChI is InChI=1S/C11H18ClN3OS/c12-10-6-14-11(17-10)8-15-4-1-2-9(7-15)13-3-5-16/h6,9,13,16H,1-5,7-8H2.